The van der Waals surface area contributed by atoms with Crippen LogP contribution in [0.25, 0.3) is 0 Å². The minimum Gasteiger partial charge on any atom is -0.331 e. The van der Waals surface area contributed by atoms with Crippen LogP contribution in [0.2, 0.25) is 0 Å². The Morgan fingerprint density at radius 2 is 2.10 bits per heavy atom. The predicted octanol–water partition coefficient (Wildman–Crippen LogP) is 3.14. The smallest absolute Gasteiger partial charge is 0.258 e. The van der Waals surface area contributed by atoms with Crippen LogP contribution in [0.3, 0.4) is 0 Å². The van der Waals surface area contributed by atoms with E-state index in [1.165, 1.54) is 11.1 Å². The summed E-state index contributed by atoms with van der Waals surface area (Å²) in [5, 5.41) is 7.06. The molecule has 1 aliphatic rings. The topological polar surface area (TPSA) is 49.0 Å². The highest BCUT2D eigenvalue weighted by atomic mass is 16.2. The van der Waals surface area contributed by atoms with Gasteiger partial charge in [0.2, 0.25) is 0 Å². The summed E-state index contributed by atoms with van der Waals surface area (Å²) >= 11 is 0. The average Bonchev–Trinajstić information content (AvgIpc) is 3.22. The van der Waals surface area contributed by atoms with Crippen LogP contribution in [-0.4, -0.2) is 27.0 Å². The van der Waals surface area contributed by atoms with Gasteiger partial charge in [-0.15, -0.1) is 0 Å². The van der Waals surface area contributed by atoms with Crippen molar-refractivity contribution < 1.29 is 4.79 Å². The Bertz CT molecular complexity index is 651. The lowest BCUT2D eigenvalue weighted by molar-refractivity contribution is 0.0728. The minimum atomic E-state index is 0.0998. The molecule has 1 fully saturated rings. The third-order valence-corrected chi connectivity index (χ3v) is 4.03. The normalized spacial score (nSPS) is 14.2. The number of benzene rings is 1. The molecule has 0 atom stereocenters. The van der Waals surface area contributed by atoms with Gasteiger partial charge in [-0.1, -0.05) is 29.8 Å². The van der Waals surface area contributed by atoms with E-state index in [0.29, 0.717) is 12.6 Å². The highest BCUT2D eigenvalue weighted by molar-refractivity contribution is 5.96. The first kappa shape index (κ1) is 13.9. The number of aromatic amines is 1. The summed E-state index contributed by atoms with van der Waals surface area (Å²) in [5.41, 5.74) is 4.79. The lowest BCUT2D eigenvalue weighted by Crippen LogP contribution is -2.33. The molecule has 0 saturated heterocycles. The van der Waals surface area contributed by atoms with Gasteiger partial charge in [-0.25, -0.2) is 0 Å². The second kappa shape index (κ2) is 5.35. The van der Waals surface area contributed by atoms with Crippen molar-refractivity contribution in [1.82, 2.24) is 15.1 Å². The lowest BCUT2D eigenvalue weighted by Gasteiger charge is -2.23. The van der Waals surface area contributed by atoms with Gasteiger partial charge < -0.3 is 4.90 Å². The molecule has 21 heavy (non-hydrogen) atoms. The van der Waals surface area contributed by atoms with E-state index in [1.54, 1.807) is 0 Å². The third-order valence-electron chi connectivity index (χ3n) is 4.03. The van der Waals surface area contributed by atoms with Crippen LogP contribution in [-0.2, 0) is 6.54 Å². The van der Waals surface area contributed by atoms with Gasteiger partial charge in [0.25, 0.3) is 5.91 Å². The zero-order chi connectivity index (χ0) is 15.0. The van der Waals surface area contributed by atoms with Gasteiger partial charge in [-0.3, -0.25) is 9.89 Å². The van der Waals surface area contributed by atoms with E-state index in [2.05, 4.69) is 41.4 Å². The van der Waals surface area contributed by atoms with Crippen molar-refractivity contribution in [1.29, 1.82) is 0 Å². The van der Waals surface area contributed by atoms with E-state index >= 15 is 0 Å². The third kappa shape index (κ3) is 2.84. The van der Waals surface area contributed by atoms with Crippen molar-refractivity contribution >= 4 is 5.91 Å². The fourth-order valence-corrected chi connectivity index (χ4v) is 2.77. The summed E-state index contributed by atoms with van der Waals surface area (Å²) < 4.78 is 0. The molecule has 1 amide bonds. The Labute approximate surface area is 125 Å². The molecule has 3 rings (SSSR count). The van der Waals surface area contributed by atoms with Crippen LogP contribution in [0.4, 0.5) is 0 Å². The van der Waals surface area contributed by atoms with Crippen LogP contribution in [0, 0.1) is 20.8 Å². The maximum atomic E-state index is 12.9. The summed E-state index contributed by atoms with van der Waals surface area (Å²) in [6.07, 6.45) is 2.21. The number of H-pyrrole nitrogens is 1. The Hall–Kier alpha value is -2.10. The second-order valence-electron chi connectivity index (χ2n) is 5.96. The number of aryl methyl sites for hydroxylation is 3. The molecule has 2 aromatic rings. The van der Waals surface area contributed by atoms with E-state index in [-0.39, 0.29) is 5.91 Å². The molecule has 1 N–H and O–H groups in total. The van der Waals surface area contributed by atoms with Crippen LogP contribution in [0.15, 0.2) is 24.3 Å². The summed E-state index contributed by atoms with van der Waals surface area (Å²) in [7, 11) is 0. The Morgan fingerprint density at radius 3 is 2.67 bits per heavy atom. The van der Waals surface area contributed by atoms with Crippen LogP contribution >= 0.6 is 0 Å². The summed E-state index contributed by atoms with van der Waals surface area (Å²) in [6.45, 7) is 6.55. The maximum absolute atomic E-state index is 12.9. The van der Waals surface area contributed by atoms with Crippen molar-refractivity contribution in [2.24, 2.45) is 0 Å². The van der Waals surface area contributed by atoms with Gasteiger partial charge in [0.05, 0.1) is 11.3 Å². The zero-order valence-corrected chi connectivity index (χ0v) is 12.8. The quantitative estimate of drug-likeness (QED) is 0.937. The Morgan fingerprint density at radius 1 is 1.33 bits per heavy atom. The van der Waals surface area contributed by atoms with Gasteiger partial charge in [-0.2, -0.15) is 5.10 Å². The standard InChI is InChI=1S/C17H21N3O/c1-11-5-4-6-14(9-11)10-20(15-7-8-15)17(21)16-12(2)18-19-13(16)3/h4-6,9,15H,7-8,10H2,1-3H3,(H,18,19). The molecule has 1 aromatic carbocycles. The molecular weight excluding hydrogens is 262 g/mol. The van der Waals surface area contributed by atoms with Crippen molar-refractivity contribution in [2.45, 2.75) is 46.2 Å². The van der Waals surface area contributed by atoms with Crippen molar-refractivity contribution in [3.63, 3.8) is 0 Å². The van der Waals surface area contributed by atoms with E-state index in [4.69, 9.17) is 0 Å². The fourth-order valence-electron chi connectivity index (χ4n) is 2.77. The number of rotatable bonds is 4. The van der Waals surface area contributed by atoms with Crippen molar-refractivity contribution in [3.05, 3.63) is 52.3 Å². The van der Waals surface area contributed by atoms with Gasteiger partial charge >= 0.3 is 0 Å². The fraction of sp³-hybridized carbons (Fsp3) is 0.412. The molecule has 110 valence electrons. The van der Waals surface area contributed by atoms with Crippen LogP contribution in [0.5, 0.6) is 0 Å². The number of carbonyl (C=O) groups excluding carboxylic acids is 1. The molecule has 1 aromatic heterocycles. The molecule has 1 saturated carbocycles. The molecule has 1 heterocycles. The molecule has 0 aliphatic heterocycles. The summed E-state index contributed by atoms with van der Waals surface area (Å²) in [4.78, 5) is 14.9. The van der Waals surface area contributed by atoms with E-state index in [0.717, 1.165) is 29.8 Å². The molecular formula is C17H21N3O. The summed E-state index contributed by atoms with van der Waals surface area (Å²) in [6, 6.07) is 8.75. The first-order chi connectivity index (χ1) is 10.1. The number of carbonyl (C=O) groups is 1. The van der Waals surface area contributed by atoms with Crippen molar-refractivity contribution in [2.75, 3.05) is 0 Å². The maximum Gasteiger partial charge on any atom is 0.258 e. The van der Waals surface area contributed by atoms with Crippen molar-refractivity contribution in [3.8, 4) is 0 Å². The number of amides is 1. The number of nitrogens with zero attached hydrogens (tertiary/aromatic N) is 2. The first-order valence-corrected chi connectivity index (χ1v) is 7.44. The van der Waals surface area contributed by atoms with Gasteiger partial charge in [0, 0.05) is 18.3 Å². The monoisotopic (exact) mass is 283 g/mol. The SMILES string of the molecule is Cc1cccc(CN(C(=O)c2c(C)n[nH]c2C)C2CC2)c1. The number of nitrogens with one attached hydrogen (secondary N) is 1. The lowest BCUT2D eigenvalue weighted by atomic mass is 10.1. The summed E-state index contributed by atoms with van der Waals surface area (Å²) in [5.74, 6) is 0.0998. The molecule has 0 spiro atoms. The highest BCUT2D eigenvalue weighted by Gasteiger charge is 2.34. The number of aromatic nitrogens is 2. The Balaban J connectivity index is 1.87. The molecule has 1 aliphatic carbocycles. The average molecular weight is 283 g/mol. The minimum absolute atomic E-state index is 0.0998. The van der Waals surface area contributed by atoms with Gasteiger partial charge in [-0.05, 0) is 39.2 Å². The van der Waals surface area contributed by atoms with E-state index in [1.807, 2.05) is 18.7 Å². The molecule has 0 radical (unpaired) electrons. The van der Waals surface area contributed by atoms with Gasteiger partial charge in [0.1, 0.15) is 0 Å². The largest absolute Gasteiger partial charge is 0.331 e. The second-order valence-corrected chi connectivity index (χ2v) is 5.96. The zero-order valence-electron chi connectivity index (χ0n) is 12.8. The van der Waals surface area contributed by atoms with Gasteiger partial charge in [0.15, 0.2) is 0 Å². The van der Waals surface area contributed by atoms with Crippen LogP contribution in [0.1, 0.15) is 45.7 Å². The molecule has 0 bridgehead atoms. The van der Waals surface area contributed by atoms with Crippen LogP contribution < -0.4 is 0 Å². The molecule has 4 nitrogen and oxygen atoms in total. The predicted molar refractivity (Wildman–Crippen MR) is 82.1 cm³/mol. The first-order valence-electron chi connectivity index (χ1n) is 7.44. The molecule has 0 unspecified atom stereocenters. The highest BCUT2D eigenvalue weighted by Crippen LogP contribution is 2.30. The molecule has 4 heteroatoms. The van der Waals surface area contributed by atoms with E-state index < -0.39 is 0 Å². The number of hydrogen-bond donors (Lipinski definition) is 1. The Kier molecular flexibility index (Phi) is 3.53. The number of hydrogen-bond acceptors (Lipinski definition) is 2. The van der Waals surface area contributed by atoms with E-state index in [9.17, 15) is 4.79 Å².